The summed E-state index contributed by atoms with van der Waals surface area (Å²) in [6.07, 6.45) is 12.8. The predicted molar refractivity (Wildman–Crippen MR) is 128 cm³/mol. The third-order valence-electron chi connectivity index (χ3n) is 10.1. The van der Waals surface area contributed by atoms with E-state index >= 15 is 0 Å². The van der Waals surface area contributed by atoms with Gasteiger partial charge < -0.3 is 9.47 Å². The lowest BCUT2D eigenvalue weighted by atomic mass is 9.47. The summed E-state index contributed by atoms with van der Waals surface area (Å²) in [6, 6.07) is 0. The van der Waals surface area contributed by atoms with Crippen molar-refractivity contribution in [3.8, 4) is 0 Å². The Morgan fingerprint density at radius 1 is 1.06 bits per heavy atom. The molecule has 5 nitrogen and oxygen atoms in total. The molecule has 0 radical (unpaired) electrons. The number of carbonyl (C=O) groups is 2. The third-order valence-corrected chi connectivity index (χ3v) is 10.1. The van der Waals surface area contributed by atoms with E-state index in [4.69, 9.17) is 9.47 Å². The summed E-state index contributed by atoms with van der Waals surface area (Å²) in [6.45, 7) is 10.7. The number of esters is 1. The maximum atomic E-state index is 12.5. The molecule has 1 aliphatic heterocycles. The number of hydrogen-bond acceptors (Lipinski definition) is 5. The molecule has 1 saturated heterocycles. The first-order chi connectivity index (χ1) is 15.8. The molecule has 0 bridgehead atoms. The number of Topliss-reactive ketones (excluding diaryl/α,β-unsaturated/α-hetero) is 1. The molecule has 0 N–H and O–H groups in total. The Kier molecular flexibility index (Phi) is 6.32. The van der Waals surface area contributed by atoms with Gasteiger partial charge in [-0.2, -0.15) is 0 Å². The zero-order valence-corrected chi connectivity index (χ0v) is 20.7. The fourth-order valence-corrected chi connectivity index (χ4v) is 8.16. The van der Waals surface area contributed by atoms with E-state index in [0.717, 1.165) is 76.9 Å². The third kappa shape index (κ3) is 4.14. The number of fused-ring (bicyclic) bond motifs is 5. The standard InChI is InChI=1S/C28H41NO4/c1-19(30)23-6-7-24-22-5-4-20-18-21(33-26(31)10-13-29-14-16-32-17-15-29)8-11-27(20,2)25(22)9-12-28(23,24)3/h4,6,21-22,24-25H,5,7-18H2,1-3H3/t21-,22+,24+,25+,27-,28+/m0/s1. The highest BCUT2D eigenvalue weighted by atomic mass is 16.5. The van der Waals surface area contributed by atoms with E-state index in [-0.39, 0.29) is 28.7 Å². The Labute approximate surface area is 198 Å². The topological polar surface area (TPSA) is 55.8 Å². The first-order valence-electron chi connectivity index (χ1n) is 13.2. The van der Waals surface area contributed by atoms with E-state index in [9.17, 15) is 9.59 Å². The molecule has 33 heavy (non-hydrogen) atoms. The summed E-state index contributed by atoms with van der Waals surface area (Å²) in [5.41, 5.74) is 2.92. The van der Waals surface area contributed by atoms with Crippen LogP contribution in [0.4, 0.5) is 0 Å². The van der Waals surface area contributed by atoms with E-state index in [1.807, 2.05) is 0 Å². The van der Waals surface area contributed by atoms with Crippen LogP contribution in [0.15, 0.2) is 23.3 Å². The molecule has 5 aliphatic rings. The monoisotopic (exact) mass is 455 g/mol. The molecule has 0 amide bonds. The second kappa shape index (κ2) is 8.96. The summed E-state index contributed by atoms with van der Waals surface area (Å²) in [5.74, 6) is 2.17. The largest absolute Gasteiger partial charge is 0.462 e. The van der Waals surface area contributed by atoms with E-state index < -0.39 is 0 Å². The van der Waals surface area contributed by atoms with Crippen LogP contribution in [-0.2, 0) is 19.1 Å². The Hall–Kier alpha value is -1.46. The average Bonchev–Trinajstić information content (AvgIpc) is 3.16. The maximum Gasteiger partial charge on any atom is 0.307 e. The molecule has 0 aromatic carbocycles. The Balaban J connectivity index is 1.21. The van der Waals surface area contributed by atoms with Crippen LogP contribution < -0.4 is 0 Å². The highest BCUT2D eigenvalue weighted by Crippen LogP contribution is 2.65. The van der Waals surface area contributed by atoms with Gasteiger partial charge in [0.15, 0.2) is 5.78 Å². The highest BCUT2D eigenvalue weighted by Gasteiger charge is 2.57. The van der Waals surface area contributed by atoms with Crippen LogP contribution in [0.5, 0.6) is 0 Å². The second-order valence-corrected chi connectivity index (χ2v) is 11.7. The molecule has 1 heterocycles. The average molecular weight is 456 g/mol. The van der Waals surface area contributed by atoms with Crippen LogP contribution in [0.25, 0.3) is 0 Å². The van der Waals surface area contributed by atoms with Gasteiger partial charge in [0.2, 0.25) is 0 Å². The minimum absolute atomic E-state index is 0.0318. The fraction of sp³-hybridized carbons (Fsp3) is 0.786. The van der Waals surface area contributed by atoms with Crippen molar-refractivity contribution in [2.45, 2.75) is 78.2 Å². The molecule has 0 aromatic rings. The number of hydrogen-bond donors (Lipinski definition) is 0. The first kappa shape index (κ1) is 23.3. The van der Waals surface area contributed by atoms with Gasteiger partial charge in [-0.3, -0.25) is 14.5 Å². The summed E-state index contributed by atoms with van der Waals surface area (Å²) in [5, 5.41) is 0. The van der Waals surface area contributed by atoms with Crippen LogP contribution in [0.3, 0.4) is 0 Å². The van der Waals surface area contributed by atoms with Crippen molar-refractivity contribution in [3.05, 3.63) is 23.3 Å². The summed E-state index contributed by atoms with van der Waals surface area (Å²) < 4.78 is 11.3. The number of ether oxygens (including phenoxy) is 2. The molecule has 182 valence electrons. The molecule has 0 unspecified atom stereocenters. The van der Waals surface area contributed by atoms with E-state index in [2.05, 4.69) is 30.9 Å². The van der Waals surface area contributed by atoms with Gasteiger partial charge in [-0.05, 0) is 79.6 Å². The van der Waals surface area contributed by atoms with Crippen molar-refractivity contribution >= 4 is 11.8 Å². The number of allylic oxidation sites excluding steroid dienone is 3. The summed E-state index contributed by atoms with van der Waals surface area (Å²) in [7, 11) is 0. The zero-order valence-electron chi connectivity index (χ0n) is 20.7. The van der Waals surface area contributed by atoms with Crippen molar-refractivity contribution in [2.75, 3.05) is 32.8 Å². The summed E-state index contributed by atoms with van der Waals surface area (Å²) in [4.78, 5) is 27.1. The molecule has 4 aliphatic carbocycles. The van der Waals surface area contributed by atoms with Gasteiger partial charge in [-0.15, -0.1) is 0 Å². The first-order valence-corrected chi connectivity index (χ1v) is 13.2. The molecule has 0 spiro atoms. The number of morpholine rings is 1. The summed E-state index contributed by atoms with van der Waals surface area (Å²) >= 11 is 0. The molecular formula is C28H41NO4. The lowest BCUT2D eigenvalue weighted by Gasteiger charge is -2.57. The molecular weight excluding hydrogens is 414 g/mol. The lowest BCUT2D eigenvalue weighted by Crippen LogP contribution is -2.50. The number of carbonyl (C=O) groups excluding carboxylic acids is 2. The highest BCUT2D eigenvalue weighted by molar-refractivity contribution is 5.95. The Morgan fingerprint density at radius 3 is 2.58 bits per heavy atom. The quantitative estimate of drug-likeness (QED) is 0.444. The van der Waals surface area contributed by atoms with Crippen molar-refractivity contribution in [1.82, 2.24) is 4.90 Å². The second-order valence-electron chi connectivity index (χ2n) is 11.7. The maximum absolute atomic E-state index is 12.5. The minimum atomic E-state index is -0.0494. The zero-order chi connectivity index (χ0) is 23.2. The number of rotatable bonds is 5. The van der Waals surface area contributed by atoms with Gasteiger partial charge in [-0.1, -0.05) is 31.6 Å². The normalized spacial score (nSPS) is 40.7. The van der Waals surface area contributed by atoms with Crippen LogP contribution in [0.2, 0.25) is 0 Å². The van der Waals surface area contributed by atoms with Crippen molar-refractivity contribution in [3.63, 3.8) is 0 Å². The van der Waals surface area contributed by atoms with Crippen LogP contribution in [-0.4, -0.2) is 55.6 Å². The van der Waals surface area contributed by atoms with Gasteiger partial charge in [0.25, 0.3) is 0 Å². The molecule has 5 rings (SSSR count). The predicted octanol–water partition coefficient (Wildman–Crippen LogP) is 4.71. The molecule has 0 aromatic heterocycles. The smallest absolute Gasteiger partial charge is 0.307 e. The number of ketones is 1. The number of nitrogens with zero attached hydrogens (tertiary/aromatic N) is 1. The van der Waals surface area contributed by atoms with Gasteiger partial charge >= 0.3 is 5.97 Å². The molecule has 3 fully saturated rings. The van der Waals surface area contributed by atoms with E-state index in [0.29, 0.717) is 24.2 Å². The lowest BCUT2D eigenvalue weighted by molar-refractivity contribution is -0.152. The van der Waals surface area contributed by atoms with Crippen molar-refractivity contribution in [2.24, 2.45) is 28.6 Å². The van der Waals surface area contributed by atoms with Crippen molar-refractivity contribution < 1.29 is 19.1 Å². The van der Waals surface area contributed by atoms with Crippen LogP contribution in [0, 0.1) is 28.6 Å². The van der Waals surface area contributed by atoms with Crippen molar-refractivity contribution in [1.29, 1.82) is 0 Å². The van der Waals surface area contributed by atoms with Crippen LogP contribution in [0.1, 0.15) is 72.1 Å². The Bertz CT molecular complexity index is 856. The van der Waals surface area contributed by atoms with Gasteiger partial charge in [-0.25, -0.2) is 0 Å². The van der Waals surface area contributed by atoms with E-state index in [1.165, 1.54) is 12.0 Å². The van der Waals surface area contributed by atoms with Crippen LogP contribution >= 0.6 is 0 Å². The molecule has 2 saturated carbocycles. The molecule has 6 atom stereocenters. The minimum Gasteiger partial charge on any atom is -0.462 e. The van der Waals surface area contributed by atoms with Gasteiger partial charge in [0.05, 0.1) is 19.6 Å². The van der Waals surface area contributed by atoms with Gasteiger partial charge in [0, 0.05) is 26.1 Å². The molecule has 5 heteroatoms. The fourth-order valence-electron chi connectivity index (χ4n) is 8.16. The van der Waals surface area contributed by atoms with Gasteiger partial charge in [0.1, 0.15) is 6.10 Å². The SMILES string of the molecule is CC(=O)C1=CC[C@@H]2[C@H]3CC=C4C[C@@H](OC(=O)CCN5CCOCC5)CC[C@]4(C)[C@@H]3CC[C@]12C. The van der Waals surface area contributed by atoms with E-state index in [1.54, 1.807) is 6.92 Å². The Morgan fingerprint density at radius 2 is 1.82 bits per heavy atom.